The maximum atomic E-state index is 12.7. The van der Waals surface area contributed by atoms with Crippen molar-refractivity contribution in [3.63, 3.8) is 0 Å². The molecule has 1 aliphatic rings. The first-order valence-corrected chi connectivity index (χ1v) is 8.84. The van der Waals surface area contributed by atoms with Crippen LogP contribution in [-0.4, -0.2) is 67.0 Å². The van der Waals surface area contributed by atoms with Crippen LogP contribution < -0.4 is 5.32 Å². The fraction of sp³-hybridized carbons (Fsp3) is 0.824. The Hall–Kier alpha value is -1.79. The molecular formula is C17H31N3O4. The van der Waals surface area contributed by atoms with Gasteiger partial charge in [0.05, 0.1) is 6.61 Å². The molecule has 0 aromatic rings. The molecule has 7 heteroatoms. The van der Waals surface area contributed by atoms with E-state index in [1.54, 1.807) is 30.6 Å². The monoisotopic (exact) mass is 341 g/mol. The second-order valence-electron chi connectivity index (χ2n) is 6.57. The quantitative estimate of drug-likeness (QED) is 0.564. The molecule has 1 heterocycles. The molecule has 1 fully saturated rings. The fourth-order valence-electron chi connectivity index (χ4n) is 2.60. The zero-order valence-electron chi connectivity index (χ0n) is 15.4. The van der Waals surface area contributed by atoms with Crippen LogP contribution in [0.5, 0.6) is 0 Å². The number of hydrogen-bond donors (Lipinski definition) is 1. The van der Waals surface area contributed by atoms with E-state index >= 15 is 0 Å². The van der Waals surface area contributed by atoms with Gasteiger partial charge in [-0.3, -0.25) is 9.59 Å². The SMILES string of the molecule is CCCCCNC(=O)C(C)(C)C(=O)N1CCN(C(=O)OCC)CC1. The highest BCUT2D eigenvalue weighted by atomic mass is 16.6. The summed E-state index contributed by atoms with van der Waals surface area (Å²) in [5.74, 6) is -0.435. The summed E-state index contributed by atoms with van der Waals surface area (Å²) in [5.41, 5.74) is -1.10. The molecule has 7 nitrogen and oxygen atoms in total. The van der Waals surface area contributed by atoms with Crippen LogP contribution in [-0.2, 0) is 14.3 Å². The maximum Gasteiger partial charge on any atom is 0.409 e. The largest absolute Gasteiger partial charge is 0.450 e. The molecule has 0 bridgehead atoms. The van der Waals surface area contributed by atoms with E-state index in [9.17, 15) is 14.4 Å². The second kappa shape index (κ2) is 9.49. The molecule has 1 saturated heterocycles. The zero-order chi connectivity index (χ0) is 18.2. The maximum absolute atomic E-state index is 12.7. The Kier molecular flexibility index (Phi) is 8.01. The Morgan fingerprint density at radius 3 is 2.12 bits per heavy atom. The number of hydrogen-bond acceptors (Lipinski definition) is 4. The summed E-state index contributed by atoms with van der Waals surface area (Å²) in [6, 6.07) is 0. The predicted molar refractivity (Wildman–Crippen MR) is 91.5 cm³/mol. The number of nitrogens with zero attached hydrogens (tertiary/aromatic N) is 2. The first-order valence-electron chi connectivity index (χ1n) is 8.84. The number of piperazine rings is 1. The van der Waals surface area contributed by atoms with Crippen LogP contribution in [0.1, 0.15) is 47.0 Å². The van der Waals surface area contributed by atoms with Gasteiger partial charge in [-0.15, -0.1) is 0 Å². The van der Waals surface area contributed by atoms with E-state index in [0.717, 1.165) is 19.3 Å². The molecule has 0 unspecified atom stereocenters. The van der Waals surface area contributed by atoms with Gasteiger partial charge in [0.2, 0.25) is 11.8 Å². The normalized spacial score (nSPS) is 15.2. The lowest BCUT2D eigenvalue weighted by Crippen LogP contribution is -2.56. The van der Waals surface area contributed by atoms with E-state index in [4.69, 9.17) is 4.74 Å². The molecule has 3 amide bonds. The first kappa shape index (κ1) is 20.3. The van der Waals surface area contributed by atoms with Crippen LogP contribution in [0.4, 0.5) is 4.79 Å². The van der Waals surface area contributed by atoms with Crippen LogP contribution in [0.25, 0.3) is 0 Å². The van der Waals surface area contributed by atoms with Crippen LogP contribution in [0.3, 0.4) is 0 Å². The van der Waals surface area contributed by atoms with Gasteiger partial charge < -0.3 is 19.9 Å². The molecule has 24 heavy (non-hydrogen) atoms. The van der Waals surface area contributed by atoms with Gasteiger partial charge in [0.1, 0.15) is 5.41 Å². The van der Waals surface area contributed by atoms with Crippen molar-refractivity contribution in [1.29, 1.82) is 0 Å². The van der Waals surface area contributed by atoms with Gasteiger partial charge in [0.15, 0.2) is 0 Å². The minimum atomic E-state index is -1.10. The molecule has 0 radical (unpaired) electrons. The number of carbonyl (C=O) groups excluding carboxylic acids is 3. The standard InChI is InChI=1S/C17H31N3O4/c1-5-7-8-9-18-14(21)17(3,4)15(22)19-10-12-20(13-11-19)16(23)24-6-2/h5-13H2,1-4H3,(H,18,21). The van der Waals surface area contributed by atoms with E-state index < -0.39 is 5.41 Å². The second-order valence-corrected chi connectivity index (χ2v) is 6.57. The highest BCUT2D eigenvalue weighted by molar-refractivity contribution is 6.04. The molecule has 138 valence electrons. The molecule has 0 atom stereocenters. The molecular weight excluding hydrogens is 310 g/mol. The van der Waals surface area contributed by atoms with Crippen LogP contribution in [0.2, 0.25) is 0 Å². The Morgan fingerprint density at radius 1 is 1.00 bits per heavy atom. The van der Waals surface area contributed by atoms with Gasteiger partial charge in [0, 0.05) is 32.7 Å². The summed E-state index contributed by atoms with van der Waals surface area (Å²) in [6.07, 6.45) is 2.72. The summed E-state index contributed by atoms with van der Waals surface area (Å²) in [5, 5.41) is 2.85. The average molecular weight is 341 g/mol. The lowest BCUT2D eigenvalue weighted by Gasteiger charge is -2.37. The molecule has 0 spiro atoms. The minimum Gasteiger partial charge on any atom is -0.450 e. The summed E-state index contributed by atoms with van der Waals surface area (Å²) >= 11 is 0. The van der Waals surface area contributed by atoms with Crippen molar-refractivity contribution in [3.8, 4) is 0 Å². The molecule has 1 aliphatic heterocycles. The van der Waals surface area contributed by atoms with Crippen LogP contribution in [0.15, 0.2) is 0 Å². The molecule has 0 aromatic heterocycles. The van der Waals surface area contributed by atoms with Gasteiger partial charge in [-0.2, -0.15) is 0 Å². The fourth-order valence-corrected chi connectivity index (χ4v) is 2.60. The summed E-state index contributed by atoms with van der Waals surface area (Å²) in [4.78, 5) is 39.9. The van der Waals surface area contributed by atoms with Crippen molar-refractivity contribution in [2.24, 2.45) is 5.41 Å². The van der Waals surface area contributed by atoms with Crippen molar-refractivity contribution < 1.29 is 19.1 Å². The molecule has 1 N–H and O–H groups in total. The smallest absolute Gasteiger partial charge is 0.409 e. The molecule has 0 aliphatic carbocycles. The van der Waals surface area contributed by atoms with Crippen LogP contribution >= 0.6 is 0 Å². The Bertz CT molecular complexity index is 443. The third kappa shape index (κ3) is 5.39. The van der Waals surface area contributed by atoms with Gasteiger partial charge >= 0.3 is 6.09 Å². The molecule has 1 rings (SSSR count). The minimum absolute atomic E-state index is 0.195. The highest BCUT2D eigenvalue weighted by Crippen LogP contribution is 2.20. The van der Waals surface area contributed by atoms with Crippen molar-refractivity contribution in [3.05, 3.63) is 0 Å². The third-order valence-electron chi connectivity index (χ3n) is 4.26. The van der Waals surface area contributed by atoms with E-state index in [0.29, 0.717) is 39.3 Å². The number of ether oxygens (including phenoxy) is 1. The van der Waals surface area contributed by atoms with Crippen molar-refractivity contribution in [2.75, 3.05) is 39.3 Å². The summed E-state index contributed by atoms with van der Waals surface area (Å²) in [6.45, 7) is 9.81. The Morgan fingerprint density at radius 2 is 1.58 bits per heavy atom. The van der Waals surface area contributed by atoms with Crippen molar-refractivity contribution in [1.82, 2.24) is 15.1 Å². The van der Waals surface area contributed by atoms with E-state index in [2.05, 4.69) is 12.2 Å². The van der Waals surface area contributed by atoms with Gasteiger partial charge in [-0.25, -0.2) is 4.79 Å². The van der Waals surface area contributed by atoms with E-state index in [-0.39, 0.29) is 17.9 Å². The van der Waals surface area contributed by atoms with Crippen molar-refractivity contribution >= 4 is 17.9 Å². The molecule has 0 aromatic carbocycles. The number of carbonyl (C=O) groups is 3. The summed E-state index contributed by atoms with van der Waals surface area (Å²) in [7, 11) is 0. The lowest BCUT2D eigenvalue weighted by molar-refractivity contribution is -0.149. The Labute approximate surface area is 144 Å². The van der Waals surface area contributed by atoms with E-state index in [1.807, 2.05) is 0 Å². The highest BCUT2D eigenvalue weighted by Gasteiger charge is 2.40. The van der Waals surface area contributed by atoms with Gasteiger partial charge in [0.25, 0.3) is 0 Å². The number of rotatable bonds is 7. The Balaban J connectivity index is 2.50. The first-order chi connectivity index (χ1) is 11.3. The van der Waals surface area contributed by atoms with Crippen molar-refractivity contribution in [2.45, 2.75) is 47.0 Å². The molecule has 0 saturated carbocycles. The summed E-state index contributed by atoms with van der Waals surface area (Å²) < 4.78 is 4.97. The van der Waals surface area contributed by atoms with Gasteiger partial charge in [-0.1, -0.05) is 19.8 Å². The number of unbranched alkanes of at least 4 members (excludes halogenated alkanes) is 2. The lowest BCUT2D eigenvalue weighted by atomic mass is 9.90. The average Bonchev–Trinajstić information content (AvgIpc) is 2.58. The number of amides is 3. The zero-order valence-corrected chi connectivity index (χ0v) is 15.4. The topological polar surface area (TPSA) is 79.0 Å². The predicted octanol–water partition coefficient (Wildman–Crippen LogP) is 1.62. The van der Waals surface area contributed by atoms with Crippen LogP contribution in [0, 0.1) is 5.41 Å². The number of nitrogens with one attached hydrogen (secondary N) is 1. The third-order valence-corrected chi connectivity index (χ3v) is 4.26. The van der Waals surface area contributed by atoms with Gasteiger partial charge in [-0.05, 0) is 27.2 Å². The van der Waals surface area contributed by atoms with E-state index in [1.165, 1.54) is 0 Å².